The molecule has 1 aromatic carbocycles. The molecule has 0 unspecified atom stereocenters. The van der Waals surface area contributed by atoms with Crippen molar-refractivity contribution in [1.29, 1.82) is 0 Å². The zero-order valence-corrected chi connectivity index (χ0v) is 14.5. The van der Waals surface area contributed by atoms with Crippen LogP contribution in [-0.2, 0) is 19.1 Å². The summed E-state index contributed by atoms with van der Waals surface area (Å²) in [5.74, 6) is -2.86. The van der Waals surface area contributed by atoms with Gasteiger partial charge in [0.15, 0.2) is 12.4 Å². The molecule has 0 heterocycles. The van der Waals surface area contributed by atoms with E-state index in [-0.39, 0.29) is 18.1 Å². The van der Waals surface area contributed by atoms with E-state index in [4.69, 9.17) is 15.2 Å². The fourth-order valence-corrected chi connectivity index (χ4v) is 1.78. The molecule has 1 aromatic rings. The van der Waals surface area contributed by atoms with E-state index in [0.29, 0.717) is 0 Å². The van der Waals surface area contributed by atoms with Crippen molar-refractivity contribution >= 4 is 23.8 Å². The van der Waals surface area contributed by atoms with Crippen LogP contribution in [-0.4, -0.2) is 43.0 Å². The molecule has 0 aliphatic carbocycles. The molecule has 0 saturated heterocycles. The summed E-state index contributed by atoms with van der Waals surface area (Å²) in [6.07, 6.45) is -1.42. The zero-order chi connectivity index (χ0) is 19.7. The van der Waals surface area contributed by atoms with Crippen molar-refractivity contribution in [3.8, 4) is 0 Å². The van der Waals surface area contributed by atoms with Gasteiger partial charge >= 0.3 is 12.1 Å². The van der Waals surface area contributed by atoms with Crippen molar-refractivity contribution in [3.05, 3.63) is 35.6 Å². The van der Waals surface area contributed by atoms with Gasteiger partial charge in [-0.2, -0.15) is 0 Å². The number of hydrogen-bond acceptors (Lipinski definition) is 6. The fraction of sp³-hybridized carbons (Fsp3) is 0.412. The Morgan fingerprint density at radius 2 is 1.73 bits per heavy atom. The van der Waals surface area contributed by atoms with Crippen LogP contribution >= 0.6 is 0 Å². The van der Waals surface area contributed by atoms with E-state index in [1.54, 1.807) is 0 Å². The molecule has 9 heteroatoms. The van der Waals surface area contributed by atoms with E-state index in [2.05, 4.69) is 5.32 Å². The number of nitrogens with two attached hydrogens (primary N) is 1. The second kappa shape index (κ2) is 10.1. The molecular formula is C17H21FN2O6. The maximum Gasteiger partial charge on any atom is 0.407 e. The summed E-state index contributed by atoms with van der Waals surface area (Å²) in [5, 5.41) is 2.18. The number of hydrogen-bond donors (Lipinski definition) is 2. The molecule has 0 spiro atoms. The molecule has 1 rings (SSSR count). The van der Waals surface area contributed by atoms with Crippen LogP contribution < -0.4 is 11.1 Å². The second-order valence-corrected chi connectivity index (χ2v) is 5.90. The standard InChI is InChI=1S/C17H21FN2O6/c1-10(2)8-26-17(24)20-13(7-15(19)22)16(23)25-9-14(21)11-3-5-12(18)6-4-11/h3-6,10,13H,7-9H2,1-2H3,(H2,19,22)(H,20,24)/t13-/m1/s1. The molecule has 0 saturated carbocycles. The summed E-state index contributed by atoms with van der Waals surface area (Å²) < 4.78 is 22.5. The number of Topliss-reactive ketones (excluding diaryl/α,β-unsaturated/α-hetero) is 1. The van der Waals surface area contributed by atoms with Crippen molar-refractivity contribution in [2.24, 2.45) is 11.7 Å². The Kier molecular flexibility index (Phi) is 8.20. The van der Waals surface area contributed by atoms with Gasteiger partial charge in [-0.25, -0.2) is 14.0 Å². The van der Waals surface area contributed by atoms with Gasteiger partial charge in [-0.1, -0.05) is 13.8 Å². The van der Waals surface area contributed by atoms with Gasteiger partial charge in [0.2, 0.25) is 5.91 Å². The van der Waals surface area contributed by atoms with Crippen molar-refractivity contribution < 1.29 is 33.0 Å². The number of halogens is 1. The second-order valence-electron chi connectivity index (χ2n) is 5.90. The minimum absolute atomic E-state index is 0.0793. The minimum atomic E-state index is -1.38. The molecule has 0 fully saturated rings. The molecule has 0 aromatic heterocycles. The largest absolute Gasteiger partial charge is 0.456 e. The third-order valence-corrected chi connectivity index (χ3v) is 3.04. The smallest absolute Gasteiger partial charge is 0.407 e. The third kappa shape index (κ3) is 7.73. The molecule has 0 radical (unpaired) electrons. The number of ketones is 1. The SMILES string of the molecule is CC(C)COC(=O)N[C@H](CC(N)=O)C(=O)OCC(=O)c1ccc(F)cc1. The quantitative estimate of drug-likeness (QED) is 0.498. The minimum Gasteiger partial charge on any atom is -0.456 e. The van der Waals surface area contributed by atoms with E-state index < -0.39 is 48.6 Å². The molecule has 0 aliphatic rings. The highest BCUT2D eigenvalue weighted by Gasteiger charge is 2.26. The highest BCUT2D eigenvalue weighted by atomic mass is 19.1. The van der Waals surface area contributed by atoms with Crippen LogP contribution in [0.25, 0.3) is 0 Å². The highest BCUT2D eigenvalue weighted by molar-refractivity contribution is 5.98. The van der Waals surface area contributed by atoms with Crippen LogP contribution in [0.1, 0.15) is 30.6 Å². The molecule has 1 atom stereocenters. The summed E-state index contributed by atoms with van der Waals surface area (Å²) in [4.78, 5) is 46.6. The third-order valence-electron chi connectivity index (χ3n) is 3.04. The van der Waals surface area contributed by atoms with Crippen LogP contribution in [0, 0.1) is 11.7 Å². The predicted octanol–water partition coefficient (Wildman–Crippen LogP) is 1.18. The van der Waals surface area contributed by atoms with E-state index in [9.17, 15) is 23.6 Å². The maximum atomic E-state index is 12.8. The molecule has 0 aliphatic heterocycles. The number of nitrogens with one attached hydrogen (secondary N) is 1. The fourth-order valence-electron chi connectivity index (χ4n) is 1.78. The first-order valence-corrected chi connectivity index (χ1v) is 7.86. The Balaban J connectivity index is 2.61. The van der Waals surface area contributed by atoms with Gasteiger partial charge in [-0.05, 0) is 30.2 Å². The average Bonchev–Trinajstić information content (AvgIpc) is 2.57. The van der Waals surface area contributed by atoms with Crippen LogP contribution in [0.4, 0.5) is 9.18 Å². The number of carbonyl (C=O) groups is 4. The van der Waals surface area contributed by atoms with E-state index >= 15 is 0 Å². The monoisotopic (exact) mass is 368 g/mol. The first-order chi connectivity index (χ1) is 12.2. The van der Waals surface area contributed by atoms with Gasteiger partial charge < -0.3 is 20.5 Å². The van der Waals surface area contributed by atoms with Gasteiger partial charge in [0, 0.05) is 5.56 Å². The van der Waals surface area contributed by atoms with Crippen LogP contribution in [0.2, 0.25) is 0 Å². The number of rotatable bonds is 9. The number of ether oxygens (including phenoxy) is 2. The lowest BCUT2D eigenvalue weighted by molar-refractivity contribution is -0.146. The molecular weight excluding hydrogens is 347 g/mol. The van der Waals surface area contributed by atoms with Crippen molar-refractivity contribution in [2.75, 3.05) is 13.2 Å². The van der Waals surface area contributed by atoms with Gasteiger partial charge in [0.05, 0.1) is 13.0 Å². The number of alkyl carbamates (subject to hydrolysis) is 1. The Morgan fingerprint density at radius 1 is 1.12 bits per heavy atom. The number of carbonyl (C=O) groups excluding carboxylic acids is 4. The Bertz CT molecular complexity index is 660. The summed E-state index contributed by atoms with van der Waals surface area (Å²) in [5.41, 5.74) is 5.20. The molecule has 3 N–H and O–H groups in total. The van der Waals surface area contributed by atoms with E-state index in [0.717, 1.165) is 12.1 Å². The first kappa shape index (κ1) is 21.1. The average molecular weight is 368 g/mol. The Labute approximate surface area is 149 Å². The van der Waals surface area contributed by atoms with Crippen LogP contribution in [0.5, 0.6) is 0 Å². The lowest BCUT2D eigenvalue weighted by Crippen LogP contribution is -2.45. The molecule has 2 amide bonds. The topological polar surface area (TPSA) is 125 Å². The van der Waals surface area contributed by atoms with Crippen LogP contribution in [0.3, 0.4) is 0 Å². The van der Waals surface area contributed by atoms with Gasteiger partial charge in [0.1, 0.15) is 11.9 Å². The number of amides is 2. The molecule has 8 nitrogen and oxygen atoms in total. The van der Waals surface area contributed by atoms with E-state index in [1.165, 1.54) is 12.1 Å². The van der Waals surface area contributed by atoms with Crippen LogP contribution in [0.15, 0.2) is 24.3 Å². The summed E-state index contributed by atoms with van der Waals surface area (Å²) in [6, 6.07) is 3.30. The number of primary amides is 1. The number of benzene rings is 1. The van der Waals surface area contributed by atoms with Gasteiger partial charge in [-0.3, -0.25) is 9.59 Å². The maximum absolute atomic E-state index is 12.8. The Hall–Kier alpha value is -2.97. The van der Waals surface area contributed by atoms with Crippen molar-refractivity contribution in [1.82, 2.24) is 5.32 Å². The first-order valence-electron chi connectivity index (χ1n) is 7.86. The zero-order valence-electron chi connectivity index (χ0n) is 14.5. The molecule has 26 heavy (non-hydrogen) atoms. The molecule has 0 bridgehead atoms. The van der Waals surface area contributed by atoms with E-state index in [1.807, 2.05) is 13.8 Å². The Morgan fingerprint density at radius 3 is 2.27 bits per heavy atom. The highest BCUT2D eigenvalue weighted by Crippen LogP contribution is 2.05. The predicted molar refractivity (Wildman–Crippen MR) is 88.6 cm³/mol. The van der Waals surface area contributed by atoms with Crippen molar-refractivity contribution in [3.63, 3.8) is 0 Å². The van der Waals surface area contributed by atoms with Gasteiger partial charge in [0.25, 0.3) is 0 Å². The lowest BCUT2D eigenvalue weighted by atomic mass is 10.1. The lowest BCUT2D eigenvalue weighted by Gasteiger charge is -2.16. The molecule has 142 valence electrons. The summed E-state index contributed by atoms with van der Waals surface area (Å²) in [6.45, 7) is 3.13. The normalized spacial score (nSPS) is 11.5. The van der Waals surface area contributed by atoms with Gasteiger partial charge in [-0.15, -0.1) is 0 Å². The summed E-state index contributed by atoms with van der Waals surface area (Å²) in [7, 11) is 0. The summed E-state index contributed by atoms with van der Waals surface area (Å²) >= 11 is 0. The number of esters is 1. The van der Waals surface area contributed by atoms with Crippen molar-refractivity contribution in [2.45, 2.75) is 26.3 Å².